The number of carbonyl (C=O) groups excluding carboxylic acids is 1. The summed E-state index contributed by atoms with van der Waals surface area (Å²) in [6, 6.07) is 8.54. The summed E-state index contributed by atoms with van der Waals surface area (Å²) >= 11 is 0. The molecule has 5 nitrogen and oxygen atoms in total. The Morgan fingerprint density at radius 3 is 3.07 bits per heavy atom. The Morgan fingerprint density at radius 2 is 2.22 bits per heavy atom. The first-order valence-electron chi connectivity index (χ1n) is 9.94. The van der Waals surface area contributed by atoms with Crippen molar-refractivity contribution in [3.05, 3.63) is 58.5 Å². The van der Waals surface area contributed by atoms with E-state index in [4.69, 9.17) is 4.52 Å². The third-order valence-electron chi connectivity index (χ3n) is 6.05. The number of hydrogen-bond donors (Lipinski definition) is 1. The van der Waals surface area contributed by atoms with Gasteiger partial charge >= 0.3 is 0 Å². The molecule has 0 unspecified atom stereocenters. The minimum absolute atomic E-state index is 0.118. The van der Waals surface area contributed by atoms with Crippen LogP contribution in [0, 0.1) is 5.92 Å². The Hall–Kier alpha value is -2.40. The van der Waals surface area contributed by atoms with E-state index in [0.717, 1.165) is 44.7 Å². The van der Waals surface area contributed by atoms with Crippen molar-refractivity contribution >= 4 is 12.0 Å². The summed E-state index contributed by atoms with van der Waals surface area (Å²) in [6.07, 6.45) is 7.80. The summed E-state index contributed by atoms with van der Waals surface area (Å²) in [5, 5.41) is 7.13. The number of rotatable bonds is 5. The van der Waals surface area contributed by atoms with Gasteiger partial charge in [0.2, 0.25) is 0 Å². The molecule has 2 fully saturated rings. The van der Waals surface area contributed by atoms with Gasteiger partial charge in [0, 0.05) is 37.7 Å². The zero-order valence-corrected chi connectivity index (χ0v) is 15.6. The highest BCUT2D eigenvalue weighted by Gasteiger charge is 2.33. The molecule has 2 aromatic rings. The summed E-state index contributed by atoms with van der Waals surface area (Å²) < 4.78 is 5.32. The van der Waals surface area contributed by atoms with Crippen LogP contribution in [0.3, 0.4) is 0 Å². The summed E-state index contributed by atoms with van der Waals surface area (Å²) in [5.41, 5.74) is 4.59. The quantitative estimate of drug-likeness (QED) is 0.885. The summed E-state index contributed by atoms with van der Waals surface area (Å²) in [5.74, 6) is 1.62. The number of allylic oxidation sites excluding steroid dienone is 1. The Morgan fingerprint density at radius 1 is 1.33 bits per heavy atom. The molecular formula is C22H25N3O2. The van der Waals surface area contributed by atoms with Crippen LogP contribution in [0.15, 0.2) is 34.9 Å². The molecule has 0 bridgehead atoms. The van der Waals surface area contributed by atoms with Crippen molar-refractivity contribution in [1.82, 2.24) is 15.4 Å². The van der Waals surface area contributed by atoms with Crippen molar-refractivity contribution in [2.45, 2.75) is 44.7 Å². The number of likely N-dealkylation sites (tertiary alicyclic amines) is 1. The maximum Gasteiger partial charge on any atom is 0.273 e. The second-order valence-electron chi connectivity index (χ2n) is 8.24. The summed E-state index contributed by atoms with van der Waals surface area (Å²) in [4.78, 5) is 15.0. The second-order valence-corrected chi connectivity index (χ2v) is 8.24. The van der Waals surface area contributed by atoms with E-state index in [0.29, 0.717) is 17.5 Å². The lowest BCUT2D eigenvalue weighted by molar-refractivity contribution is 0.0922. The van der Waals surface area contributed by atoms with Gasteiger partial charge in [-0.05, 0) is 41.9 Å². The number of amides is 1. The van der Waals surface area contributed by atoms with Gasteiger partial charge in [0.05, 0.1) is 0 Å². The first kappa shape index (κ1) is 16.8. The average molecular weight is 363 g/mol. The van der Waals surface area contributed by atoms with E-state index in [-0.39, 0.29) is 11.9 Å². The average Bonchev–Trinajstić information content (AvgIpc) is 3.07. The normalized spacial score (nSPS) is 24.3. The molecule has 5 heteroatoms. The lowest BCUT2D eigenvalue weighted by atomic mass is 10.0. The molecule has 0 spiro atoms. The first-order chi connectivity index (χ1) is 13.2. The van der Waals surface area contributed by atoms with Gasteiger partial charge < -0.3 is 9.84 Å². The Bertz CT molecular complexity index is 897. The fraction of sp³-hybridized carbons (Fsp3) is 0.455. The smallest absolute Gasteiger partial charge is 0.273 e. The van der Waals surface area contributed by atoms with E-state index < -0.39 is 0 Å². The zero-order chi connectivity index (χ0) is 18.4. The van der Waals surface area contributed by atoms with Crippen LogP contribution in [-0.4, -0.2) is 35.1 Å². The number of nitrogens with zero attached hydrogens (tertiary/aromatic N) is 2. The highest BCUT2D eigenvalue weighted by molar-refractivity contribution is 5.92. The predicted octanol–water partition coefficient (Wildman–Crippen LogP) is 3.37. The second kappa shape index (κ2) is 6.64. The number of fused-ring (bicyclic) bond motifs is 1. The van der Waals surface area contributed by atoms with Crippen molar-refractivity contribution in [1.29, 1.82) is 0 Å². The van der Waals surface area contributed by atoms with Crippen LogP contribution in [0.1, 0.15) is 58.6 Å². The van der Waals surface area contributed by atoms with Gasteiger partial charge in [-0.2, -0.15) is 0 Å². The first-order valence-corrected chi connectivity index (χ1v) is 9.94. The number of aromatic nitrogens is 1. The van der Waals surface area contributed by atoms with Gasteiger partial charge in [-0.25, -0.2) is 0 Å². The molecule has 5 rings (SSSR count). The van der Waals surface area contributed by atoms with Gasteiger partial charge in [-0.3, -0.25) is 9.69 Å². The molecule has 1 aliphatic heterocycles. The lowest BCUT2D eigenvalue weighted by Gasteiger charge is -2.18. The monoisotopic (exact) mass is 363 g/mol. The molecule has 3 aliphatic rings. The molecule has 1 saturated carbocycles. The van der Waals surface area contributed by atoms with Gasteiger partial charge in [0.15, 0.2) is 5.69 Å². The van der Waals surface area contributed by atoms with Gasteiger partial charge in [-0.15, -0.1) is 0 Å². The van der Waals surface area contributed by atoms with Crippen LogP contribution in [0.2, 0.25) is 0 Å². The number of nitrogens with one attached hydrogen (secondary N) is 1. The lowest BCUT2D eigenvalue weighted by Crippen LogP contribution is -2.40. The summed E-state index contributed by atoms with van der Waals surface area (Å²) in [6.45, 7) is 5.00. The van der Waals surface area contributed by atoms with E-state index in [1.807, 2.05) is 6.07 Å². The van der Waals surface area contributed by atoms with E-state index in [1.165, 1.54) is 16.7 Å². The topological polar surface area (TPSA) is 58.4 Å². The fourth-order valence-electron chi connectivity index (χ4n) is 4.32. The molecule has 1 N–H and O–H groups in total. The van der Waals surface area contributed by atoms with Gasteiger partial charge in [0.25, 0.3) is 5.91 Å². The van der Waals surface area contributed by atoms with Crippen LogP contribution < -0.4 is 5.32 Å². The number of benzene rings is 1. The number of hydrogen-bond acceptors (Lipinski definition) is 4. The van der Waals surface area contributed by atoms with E-state index in [2.05, 4.69) is 52.6 Å². The molecule has 1 saturated heterocycles. The highest BCUT2D eigenvalue weighted by atomic mass is 16.5. The van der Waals surface area contributed by atoms with Crippen LogP contribution >= 0.6 is 0 Å². The predicted molar refractivity (Wildman–Crippen MR) is 103 cm³/mol. The van der Waals surface area contributed by atoms with Crippen LogP contribution in [-0.2, 0) is 13.0 Å². The van der Waals surface area contributed by atoms with E-state index in [9.17, 15) is 4.79 Å². The minimum atomic E-state index is -0.118. The van der Waals surface area contributed by atoms with Gasteiger partial charge in [-0.1, -0.05) is 42.4 Å². The molecule has 1 aromatic heterocycles. The van der Waals surface area contributed by atoms with Crippen LogP contribution in [0.4, 0.5) is 0 Å². The zero-order valence-electron chi connectivity index (χ0n) is 15.6. The highest BCUT2D eigenvalue weighted by Crippen LogP contribution is 2.40. The Kier molecular flexibility index (Phi) is 4.12. The maximum atomic E-state index is 12.6. The SMILES string of the molecule is C[C@H]1CN(Cc2cccc3c2C=CC3)C[C@H]1NC(=O)c1cc(C2CC2)on1. The fourth-order valence-corrected chi connectivity index (χ4v) is 4.32. The molecule has 2 heterocycles. The minimum Gasteiger partial charge on any atom is -0.360 e. The Labute approximate surface area is 159 Å². The Balaban J connectivity index is 1.22. The largest absolute Gasteiger partial charge is 0.360 e. The van der Waals surface area contributed by atoms with Crippen molar-refractivity contribution in [2.75, 3.05) is 13.1 Å². The third kappa shape index (κ3) is 3.32. The van der Waals surface area contributed by atoms with Crippen molar-refractivity contribution < 1.29 is 9.32 Å². The van der Waals surface area contributed by atoms with E-state index >= 15 is 0 Å². The maximum absolute atomic E-state index is 12.6. The molecule has 2 atom stereocenters. The molecule has 0 radical (unpaired) electrons. The van der Waals surface area contributed by atoms with Crippen LogP contribution in [0.25, 0.3) is 6.08 Å². The summed E-state index contributed by atoms with van der Waals surface area (Å²) in [7, 11) is 0. The molecule has 1 amide bonds. The van der Waals surface area contributed by atoms with Crippen molar-refractivity contribution in [3.63, 3.8) is 0 Å². The molecule has 2 aliphatic carbocycles. The number of carbonyl (C=O) groups is 1. The van der Waals surface area contributed by atoms with E-state index in [1.54, 1.807) is 0 Å². The third-order valence-corrected chi connectivity index (χ3v) is 6.05. The molecule has 27 heavy (non-hydrogen) atoms. The van der Waals surface area contributed by atoms with Crippen LogP contribution in [0.5, 0.6) is 0 Å². The molecule has 1 aromatic carbocycles. The van der Waals surface area contributed by atoms with Crippen molar-refractivity contribution in [2.24, 2.45) is 5.92 Å². The van der Waals surface area contributed by atoms with Crippen molar-refractivity contribution in [3.8, 4) is 0 Å². The standard InChI is InChI=1S/C22H25N3O2/c1-14-11-25(12-17-6-2-4-15-5-3-7-18(15)17)13-20(14)23-22(26)19-10-21(27-24-19)16-8-9-16/h2-4,6-7,10,14,16,20H,5,8-9,11-13H2,1H3,(H,23,26)/t14-,20+/m0/s1. The molecular weight excluding hydrogens is 338 g/mol. The molecule has 140 valence electrons. The van der Waals surface area contributed by atoms with Gasteiger partial charge in [0.1, 0.15) is 5.76 Å².